The summed E-state index contributed by atoms with van der Waals surface area (Å²) in [6.07, 6.45) is 10.0. The molecule has 16 heavy (non-hydrogen) atoms. The Balaban J connectivity index is 0.00000106. The maximum Gasteiger partial charge on any atom is 0.0209 e. The topological polar surface area (TPSA) is 3.24 Å². The zero-order valence-electron chi connectivity index (χ0n) is 12.3. The quantitative estimate of drug-likeness (QED) is 0.648. The van der Waals surface area contributed by atoms with Crippen molar-refractivity contribution >= 4 is 0 Å². The number of nitrogens with zero attached hydrogens (tertiary/aromatic N) is 1. The third-order valence-electron chi connectivity index (χ3n) is 3.93. The maximum atomic E-state index is 2.72. The van der Waals surface area contributed by atoms with E-state index in [-0.39, 0.29) is 0 Å². The fraction of sp³-hybridized carbons (Fsp3) is 1.00. The van der Waals surface area contributed by atoms with E-state index in [1.165, 1.54) is 58.0 Å². The summed E-state index contributed by atoms with van der Waals surface area (Å²) >= 11 is 0. The Morgan fingerprint density at radius 1 is 0.875 bits per heavy atom. The molecule has 0 aliphatic heterocycles. The van der Waals surface area contributed by atoms with Gasteiger partial charge in [0.05, 0.1) is 0 Å². The van der Waals surface area contributed by atoms with Crippen molar-refractivity contribution in [1.82, 2.24) is 4.90 Å². The van der Waals surface area contributed by atoms with Gasteiger partial charge in [-0.25, -0.2) is 0 Å². The minimum atomic E-state index is 0.580. The summed E-state index contributed by atoms with van der Waals surface area (Å²) in [5.74, 6) is 0. The lowest BCUT2D eigenvalue weighted by molar-refractivity contribution is 0.0506. The van der Waals surface area contributed by atoms with Gasteiger partial charge in [0.15, 0.2) is 0 Å². The molecule has 0 N–H and O–H groups in total. The van der Waals surface area contributed by atoms with Crippen molar-refractivity contribution in [3.63, 3.8) is 0 Å². The molecule has 0 bridgehead atoms. The van der Waals surface area contributed by atoms with Gasteiger partial charge in [-0.05, 0) is 32.4 Å². The van der Waals surface area contributed by atoms with E-state index in [9.17, 15) is 0 Å². The van der Waals surface area contributed by atoms with Crippen LogP contribution in [0.1, 0.15) is 79.6 Å². The summed E-state index contributed by atoms with van der Waals surface area (Å²) in [5, 5.41) is 0. The highest BCUT2D eigenvalue weighted by atomic mass is 15.2. The molecule has 0 radical (unpaired) electrons. The molecule has 0 aromatic carbocycles. The van der Waals surface area contributed by atoms with E-state index in [1.54, 1.807) is 0 Å². The molecule has 0 aromatic heterocycles. The summed E-state index contributed by atoms with van der Waals surface area (Å²) < 4.78 is 0. The summed E-state index contributed by atoms with van der Waals surface area (Å²) in [7, 11) is 0. The van der Waals surface area contributed by atoms with Gasteiger partial charge < -0.3 is 0 Å². The van der Waals surface area contributed by atoms with E-state index in [2.05, 4.69) is 25.7 Å². The Morgan fingerprint density at radius 2 is 1.38 bits per heavy atom. The molecule has 0 aromatic rings. The first-order valence-electron chi connectivity index (χ1n) is 7.54. The second kappa shape index (κ2) is 9.04. The average Bonchev–Trinajstić information content (AvgIpc) is 2.34. The molecule has 1 aliphatic rings. The van der Waals surface area contributed by atoms with Crippen LogP contribution in [0, 0.1) is 0 Å². The molecule has 1 heteroatoms. The van der Waals surface area contributed by atoms with Gasteiger partial charge in [-0.2, -0.15) is 0 Å². The van der Waals surface area contributed by atoms with Gasteiger partial charge in [-0.1, -0.05) is 60.3 Å². The number of hydrogen-bond acceptors (Lipinski definition) is 1. The van der Waals surface area contributed by atoms with Crippen molar-refractivity contribution < 1.29 is 0 Å². The second-order valence-electron chi connectivity index (χ2n) is 4.71. The average molecular weight is 227 g/mol. The molecule has 0 spiro atoms. The van der Waals surface area contributed by atoms with Crippen LogP contribution in [0.4, 0.5) is 0 Å². The summed E-state index contributed by atoms with van der Waals surface area (Å²) in [6.45, 7) is 13.4. The summed E-state index contributed by atoms with van der Waals surface area (Å²) in [5.41, 5.74) is 0.580. The molecule has 1 nitrogen and oxygen atoms in total. The first-order valence-corrected chi connectivity index (χ1v) is 7.54. The van der Waals surface area contributed by atoms with Gasteiger partial charge in [0.2, 0.25) is 0 Å². The Bertz CT molecular complexity index is 138. The van der Waals surface area contributed by atoms with Gasteiger partial charge in [-0.3, -0.25) is 4.90 Å². The Hall–Kier alpha value is -0.0400. The van der Waals surface area contributed by atoms with Crippen molar-refractivity contribution in [3.05, 3.63) is 0 Å². The predicted octanol–water partition coefficient (Wildman–Crippen LogP) is 4.86. The molecule has 0 saturated heterocycles. The monoisotopic (exact) mass is 227 g/mol. The lowest BCUT2D eigenvalue weighted by Crippen LogP contribution is -2.49. The minimum absolute atomic E-state index is 0.580. The van der Waals surface area contributed by atoms with Crippen LogP contribution in [0.25, 0.3) is 0 Å². The van der Waals surface area contributed by atoms with Crippen LogP contribution in [0.5, 0.6) is 0 Å². The number of rotatable bonds is 5. The Morgan fingerprint density at radius 3 is 1.75 bits per heavy atom. The lowest BCUT2D eigenvalue weighted by atomic mass is 9.77. The normalized spacial score (nSPS) is 19.1. The Labute approximate surface area is 104 Å². The van der Waals surface area contributed by atoms with E-state index in [0.29, 0.717) is 5.54 Å². The van der Waals surface area contributed by atoms with Crippen LogP contribution in [0.2, 0.25) is 0 Å². The fourth-order valence-corrected chi connectivity index (χ4v) is 3.29. The van der Waals surface area contributed by atoms with E-state index in [1.807, 2.05) is 13.8 Å². The van der Waals surface area contributed by atoms with Crippen molar-refractivity contribution in [2.45, 2.75) is 85.1 Å². The fourth-order valence-electron chi connectivity index (χ4n) is 3.29. The SMILES string of the molecule is CC.CCCC1(N(CC)CC)CCCCC1. The van der Waals surface area contributed by atoms with E-state index in [0.717, 1.165) is 0 Å². The van der Waals surface area contributed by atoms with Crippen molar-refractivity contribution in [1.29, 1.82) is 0 Å². The minimum Gasteiger partial charge on any atom is -0.298 e. The van der Waals surface area contributed by atoms with Crippen LogP contribution in [-0.2, 0) is 0 Å². The van der Waals surface area contributed by atoms with Crippen LogP contribution >= 0.6 is 0 Å². The van der Waals surface area contributed by atoms with Gasteiger partial charge >= 0.3 is 0 Å². The summed E-state index contributed by atoms with van der Waals surface area (Å²) in [6, 6.07) is 0. The largest absolute Gasteiger partial charge is 0.298 e. The molecule has 1 aliphatic carbocycles. The molecule has 98 valence electrons. The third-order valence-corrected chi connectivity index (χ3v) is 3.93. The van der Waals surface area contributed by atoms with Crippen LogP contribution < -0.4 is 0 Å². The van der Waals surface area contributed by atoms with E-state index < -0.39 is 0 Å². The van der Waals surface area contributed by atoms with Crippen LogP contribution in [-0.4, -0.2) is 23.5 Å². The first kappa shape index (κ1) is 16.0. The highest BCUT2D eigenvalue weighted by Gasteiger charge is 2.35. The molecular weight excluding hydrogens is 194 g/mol. The molecule has 0 unspecified atom stereocenters. The van der Waals surface area contributed by atoms with Gasteiger partial charge in [-0.15, -0.1) is 0 Å². The van der Waals surface area contributed by atoms with Gasteiger partial charge in [0.1, 0.15) is 0 Å². The highest BCUT2D eigenvalue weighted by Crippen LogP contribution is 2.37. The molecular formula is C15H33N. The first-order chi connectivity index (χ1) is 7.79. The molecule has 0 atom stereocenters. The third kappa shape index (κ3) is 4.08. The lowest BCUT2D eigenvalue weighted by Gasteiger charge is -2.46. The molecule has 0 heterocycles. The van der Waals surface area contributed by atoms with E-state index >= 15 is 0 Å². The maximum absolute atomic E-state index is 2.72. The highest BCUT2D eigenvalue weighted by molar-refractivity contribution is 4.92. The second-order valence-corrected chi connectivity index (χ2v) is 4.71. The molecule has 1 saturated carbocycles. The predicted molar refractivity (Wildman–Crippen MR) is 75.0 cm³/mol. The van der Waals surface area contributed by atoms with Gasteiger partial charge in [0, 0.05) is 5.54 Å². The molecule has 1 fully saturated rings. The van der Waals surface area contributed by atoms with E-state index in [4.69, 9.17) is 0 Å². The Kier molecular flexibility index (Phi) is 9.02. The molecule has 1 rings (SSSR count). The van der Waals surface area contributed by atoms with Gasteiger partial charge in [0.25, 0.3) is 0 Å². The van der Waals surface area contributed by atoms with Crippen molar-refractivity contribution in [2.24, 2.45) is 0 Å². The van der Waals surface area contributed by atoms with Crippen LogP contribution in [0.15, 0.2) is 0 Å². The van der Waals surface area contributed by atoms with Crippen molar-refractivity contribution in [2.75, 3.05) is 13.1 Å². The zero-order chi connectivity index (χ0) is 12.4. The summed E-state index contributed by atoms with van der Waals surface area (Å²) in [4.78, 5) is 2.72. The van der Waals surface area contributed by atoms with Crippen LogP contribution in [0.3, 0.4) is 0 Å². The number of hydrogen-bond donors (Lipinski definition) is 0. The van der Waals surface area contributed by atoms with Crippen molar-refractivity contribution in [3.8, 4) is 0 Å². The molecule has 0 amide bonds. The standard InChI is InChI=1S/C13H27N.C2H6/c1-4-10-13(14(5-2)6-3)11-8-7-9-12-13;1-2/h4-12H2,1-3H3;1-2H3. The zero-order valence-corrected chi connectivity index (χ0v) is 12.3. The smallest absolute Gasteiger partial charge is 0.0209 e.